The van der Waals surface area contributed by atoms with Gasteiger partial charge in [-0.2, -0.15) is 0 Å². The van der Waals surface area contributed by atoms with Crippen molar-refractivity contribution >= 4 is 11.6 Å². The van der Waals surface area contributed by atoms with Gasteiger partial charge in [-0.3, -0.25) is 0 Å². The third kappa shape index (κ3) is 2.74. The van der Waals surface area contributed by atoms with E-state index in [1.807, 2.05) is 38.1 Å². The van der Waals surface area contributed by atoms with Crippen LogP contribution in [0.1, 0.15) is 13.8 Å². The third-order valence-electron chi connectivity index (χ3n) is 2.18. The molecule has 0 aliphatic rings. The lowest BCUT2D eigenvalue weighted by Gasteiger charge is -2.15. The van der Waals surface area contributed by atoms with Crippen LogP contribution in [0.5, 0.6) is 5.75 Å². The van der Waals surface area contributed by atoms with Crippen LogP contribution in [0.25, 0.3) is 11.3 Å². The second kappa shape index (κ2) is 5.15. The number of hydrogen-bond donors (Lipinski definition) is 0. The first-order valence-corrected chi connectivity index (χ1v) is 5.78. The SMILES string of the molecule is CC(C)Oc1c(Cl)cccc1-c1ccncn1. The number of rotatable bonds is 3. The van der Waals surface area contributed by atoms with Crippen molar-refractivity contribution < 1.29 is 4.74 Å². The van der Waals surface area contributed by atoms with Crippen molar-refractivity contribution in [2.75, 3.05) is 0 Å². The zero-order valence-electron chi connectivity index (χ0n) is 9.72. The molecule has 1 heterocycles. The Bertz CT molecular complexity index is 500. The molecule has 2 aromatic rings. The zero-order chi connectivity index (χ0) is 12.3. The van der Waals surface area contributed by atoms with E-state index in [9.17, 15) is 0 Å². The second-order valence-corrected chi connectivity index (χ2v) is 4.28. The van der Waals surface area contributed by atoms with Crippen LogP contribution in [0, 0.1) is 0 Å². The molecular formula is C13H13ClN2O. The van der Waals surface area contributed by atoms with Crippen LogP contribution in [0.15, 0.2) is 36.8 Å². The molecule has 88 valence electrons. The van der Waals surface area contributed by atoms with Crippen LogP contribution in [-0.4, -0.2) is 16.1 Å². The van der Waals surface area contributed by atoms with Crippen LogP contribution in [0.2, 0.25) is 5.02 Å². The summed E-state index contributed by atoms with van der Waals surface area (Å²) in [5.74, 6) is 0.669. The van der Waals surface area contributed by atoms with Crippen molar-refractivity contribution in [3.8, 4) is 17.0 Å². The van der Waals surface area contributed by atoms with Gasteiger partial charge >= 0.3 is 0 Å². The number of hydrogen-bond acceptors (Lipinski definition) is 3. The van der Waals surface area contributed by atoms with E-state index >= 15 is 0 Å². The molecule has 0 saturated heterocycles. The molecule has 0 amide bonds. The maximum atomic E-state index is 6.15. The minimum atomic E-state index is 0.0653. The van der Waals surface area contributed by atoms with Crippen molar-refractivity contribution in [2.24, 2.45) is 0 Å². The predicted molar refractivity (Wildman–Crippen MR) is 68.2 cm³/mol. The molecule has 0 fully saturated rings. The molecule has 0 aliphatic heterocycles. The third-order valence-corrected chi connectivity index (χ3v) is 2.48. The molecule has 0 atom stereocenters. The molecular weight excluding hydrogens is 236 g/mol. The first kappa shape index (κ1) is 11.9. The Morgan fingerprint density at radius 3 is 2.71 bits per heavy atom. The van der Waals surface area contributed by atoms with E-state index in [0.29, 0.717) is 10.8 Å². The lowest BCUT2D eigenvalue weighted by atomic mass is 10.1. The Morgan fingerprint density at radius 1 is 1.24 bits per heavy atom. The van der Waals surface area contributed by atoms with Gasteiger partial charge in [0.2, 0.25) is 0 Å². The summed E-state index contributed by atoms with van der Waals surface area (Å²) >= 11 is 6.15. The molecule has 0 aliphatic carbocycles. The van der Waals surface area contributed by atoms with Crippen molar-refractivity contribution in [2.45, 2.75) is 20.0 Å². The van der Waals surface area contributed by atoms with Crippen LogP contribution in [0.3, 0.4) is 0 Å². The van der Waals surface area contributed by atoms with Crippen LogP contribution >= 0.6 is 11.6 Å². The minimum absolute atomic E-state index is 0.0653. The first-order valence-electron chi connectivity index (χ1n) is 5.40. The van der Waals surface area contributed by atoms with Crippen molar-refractivity contribution in [3.05, 3.63) is 41.8 Å². The average Bonchev–Trinajstić information content (AvgIpc) is 2.32. The summed E-state index contributed by atoms with van der Waals surface area (Å²) in [6, 6.07) is 7.46. The van der Waals surface area contributed by atoms with Gasteiger partial charge in [0, 0.05) is 11.8 Å². The molecule has 4 heteroatoms. The van der Waals surface area contributed by atoms with E-state index in [-0.39, 0.29) is 6.10 Å². The van der Waals surface area contributed by atoms with Crippen molar-refractivity contribution in [1.82, 2.24) is 9.97 Å². The summed E-state index contributed by atoms with van der Waals surface area (Å²) in [4.78, 5) is 8.11. The highest BCUT2D eigenvalue weighted by molar-refractivity contribution is 6.32. The van der Waals surface area contributed by atoms with Gasteiger partial charge in [0.05, 0.1) is 16.8 Å². The zero-order valence-corrected chi connectivity index (χ0v) is 10.5. The van der Waals surface area contributed by atoms with E-state index in [1.54, 1.807) is 6.20 Å². The standard InChI is InChI=1S/C13H13ClN2O/c1-9(2)17-13-10(4-3-5-11(13)14)12-6-7-15-8-16-12/h3-9H,1-2H3. The number of halogens is 1. The summed E-state index contributed by atoms with van der Waals surface area (Å²) < 4.78 is 5.74. The number of nitrogens with zero attached hydrogens (tertiary/aromatic N) is 2. The Morgan fingerprint density at radius 2 is 2.06 bits per heavy atom. The molecule has 1 aromatic heterocycles. The van der Waals surface area contributed by atoms with Crippen LogP contribution < -0.4 is 4.74 Å². The molecule has 2 rings (SSSR count). The van der Waals surface area contributed by atoms with E-state index < -0.39 is 0 Å². The first-order chi connectivity index (χ1) is 8.18. The molecule has 0 saturated carbocycles. The van der Waals surface area contributed by atoms with E-state index in [1.165, 1.54) is 6.33 Å². The highest BCUT2D eigenvalue weighted by Gasteiger charge is 2.12. The number of aromatic nitrogens is 2. The summed E-state index contributed by atoms with van der Waals surface area (Å²) in [6.45, 7) is 3.93. The number of para-hydroxylation sites is 1. The molecule has 3 nitrogen and oxygen atoms in total. The van der Waals surface area contributed by atoms with Gasteiger partial charge in [0.15, 0.2) is 0 Å². The molecule has 0 unspecified atom stereocenters. The molecule has 0 radical (unpaired) electrons. The fourth-order valence-electron chi connectivity index (χ4n) is 1.52. The van der Waals surface area contributed by atoms with Gasteiger partial charge in [0.25, 0.3) is 0 Å². The molecule has 1 aromatic carbocycles. The lowest BCUT2D eigenvalue weighted by Crippen LogP contribution is -2.07. The van der Waals surface area contributed by atoms with Gasteiger partial charge in [-0.05, 0) is 32.0 Å². The number of benzene rings is 1. The predicted octanol–water partition coefficient (Wildman–Crippen LogP) is 3.58. The van der Waals surface area contributed by atoms with Crippen molar-refractivity contribution in [3.63, 3.8) is 0 Å². The van der Waals surface area contributed by atoms with E-state index in [2.05, 4.69) is 9.97 Å². The van der Waals surface area contributed by atoms with Crippen molar-refractivity contribution in [1.29, 1.82) is 0 Å². The lowest BCUT2D eigenvalue weighted by molar-refractivity contribution is 0.243. The maximum Gasteiger partial charge on any atom is 0.147 e. The highest BCUT2D eigenvalue weighted by Crippen LogP contribution is 2.35. The van der Waals surface area contributed by atoms with Gasteiger partial charge in [-0.15, -0.1) is 0 Å². The summed E-state index contributed by atoms with van der Waals surface area (Å²) in [5, 5.41) is 0.592. The molecule has 0 spiro atoms. The van der Waals surface area contributed by atoms with Gasteiger partial charge in [-0.1, -0.05) is 17.7 Å². The quantitative estimate of drug-likeness (QED) is 0.833. The fraction of sp³-hybridized carbons (Fsp3) is 0.231. The highest BCUT2D eigenvalue weighted by atomic mass is 35.5. The topological polar surface area (TPSA) is 35.0 Å². The smallest absolute Gasteiger partial charge is 0.147 e. The Balaban J connectivity index is 2.50. The molecule has 0 bridgehead atoms. The monoisotopic (exact) mass is 248 g/mol. The van der Waals surface area contributed by atoms with E-state index in [4.69, 9.17) is 16.3 Å². The van der Waals surface area contributed by atoms with Crippen LogP contribution in [0.4, 0.5) is 0 Å². The maximum absolute atomic E-state index is 6.15. The average molecular weight is 249 g/mol. The second-order valence-electron chi connectivity index (χ2n) is 3.88. The number of ether oxygens (including phenoxy) is 1. The van der Waals surface area contributed by atoms with Gasteiger partial charge in [-0.25, -0.2) is 9.97 Å². The summed E-state index contributed by atoms with van der Waals surface area (Å²) in [5.41, 5.74) is 1.69. The summed E-state index contributed by atoms with van der Waals surface area (Å²) in [7, 11) is 0. The van der Waals surface area contributed by atoms with Gasteiger partial charge in [0.1, 0.15) is 12.1 Å². The largest absolute Gasteiger partial charge is 0.489 e. The van der Waals surface area contributed by atoms with Gasteiger partial charge < -0.3 is 4.74 Å². The normalized spacial score (nSPS) is 10.6. The van der Waals surface area contributed by atoms with Crippen LogP contribution in [-0.2, 0) is 0 Å². The Kier molecular flexibility index (Phi) is 3.59. The Hall–Kier alpha value is -1.61. The summed E-state index contributed by atoms with van der Waals surface area (Å²) in [6.07, 6.45) is 3.27. The fourth-order valence-corrected chi connectivity index (χ4v) is 1.74. The van der Waals surface area contributed by atoms with E-state index in [0.717, 1.165) is 11.3 Å². The minimum Gasteiger partial charge on any atom is -0.489 e. The molecule has 17 heavy (non-hydrogen) atoms. The Labute approximate surface area is 105 Å². The molecule has 0 N–H and O–H groups in total.